The zero-order valence-electron chi connectivity index (χ0n) is 15.4. The lowest BCUT2D eigenvalue weighted by atomic mass is 9.97. The van der Waals surface area contributed by atoms with Gasteiger partial charge in [0.15, 0.2) is 5.78 Å². The average Bonchev–Trinajstić information content (AvgIpc) is 2.76. The van der Waals surface area contributed by atoms with Crippen molar-refractivity contribution in [3.05, 3.63) is 16.0 Å². The van der Waals surface area contributed by atoms with E-state index in [-0.39, 0.29) is 5.78 Å². The van der Waals surface area contributed by atoms with E-state index in [4.69, 9.17) is 4.74 Å². The fourth-order valence-corrected chi connectivity index (χ4v) is 5.29. The van der Waals surface area contributed by atoms with Crippen LogP contribution in [0.25, 0.3) is 0 Å². The molecule has 5 heteroatoms. The van der Waals surface area contributed by atoms with Gasteiger partial charge >= 0.3 is 0 Å². The lowest BCUT2D eigenvalue weighted by Gasteiger charge is -2.09. The highest BCUT2D eigenvalue weighted by Gasteiger charge is 2.24. The van der Waals surface area contributed by atoms with Crippen LogP contribution in [0.2, 0.25) is 0 Å². The Kier molecular flexibility index (Phi) is 8.51. The van der Waals surface area contributed by atoms with E-state index < -0.39 is 0 Å². The van der Waals surface area contributed by atoms with Gasteiger partial charge in [-0.2, -0.15) is 0 Å². The first-order valence-electron chi connectivity index (χ1n) is 8.08. The van der Waals surface area contributed by atoms with E-state index >= 15 is 0 Å². The van der Waals surface area contributed by atoms with Crippen LogP contribution < -0.4 is 0 Å². The molecule has 0 atom stereocenters. The van der Waals surface area contributed by atoms with Gasteiger partial charge in [0.25, 0.3) is 0 Å². The Bertz CT molecular complexity index is 560. The molecule has 0 N–H and O–H groups in total. The van der Waals surface area contributed by atoms with Crippen molar-refractivity contribution >= 4 is 34.6 Å². The fourth-order valence-electron chi connectivity index (χ4n) is 2.47. The maximum atomic E-state index is 12.7. The summed E-state index contributed by atoms with van der Waals surface area (Å²) in [6.45, 7) is 11.2. The summed E-state index contributed by atoms with van der Waals surface area (Å²) in [5.41, 5.74) is 3.08. The molecule has 0 bridgehead atoms. The minimum absolute atomic E-state index is 0.249. The summed E-state index contributed by atoms with van der Waals surface area (Å²) >= 11 is 3.43. The number of hydrogen-bond acceptors (Lipinski definition) is 5. The van der Waals surface area contributed by atoms with Gasteiger partial charge in [-0.05, 0) is 24.3 Å². The Hall–Kier alpha value is -0.650. The molecule has 1 aromatic heterocycles. The van der Waals surface area contributed by atoms with Crippen molar-refractivity contribution in [3.63, 3.8) is 0 Å². The van der Waals surface area contributed by atoms with Gasteiger partial charge in [0.05, 0.1) is 21.4 Å². The zero-order valence-corrected chi connectivity index (χ0v) is 17.0. The summed E-state index contributed by atoms with van der Waals surface area (Å²) in [6.07, 6.45) is 0.592. The zero-order chi connectivity index (χ0) is 17.6. The Morgan fingerprint density at radius 3 is 2.43 bits per heavy atom. The summed E-state index contributed by atoms with van der Waals surface area (Å²) in [5, 5.41) is 0. The Labute approximate surface area is 148 Å². The van der Waals surface area contributed by atoms with Crippen LogP contribution in [-0.4, -0.2) is 38.0 Å². The average molecular weight is 356 g/mol. The molecule has 1 rings (SSSR count). The number of ketones is 1. The number of aliphatic imine (C=N–C) groups is 1. The number of Topliss-reactive ketones (excluding diaryl/α,β-unsaturated/α-hetero) is 1. The van der Waals surface area contributed by atoms with Crippen molar-refractivity contribution in [2.24, 2.45) is 16.8 Å². The van der Waals surface area contributed by atoms with Crippen LogP contribution in [0.15, 0.2) is 9.20 Å². The summed E-state index contributed by atoms with van der Waals surface area (Å²) in [7, 11) is 3.54. The number of thiophene rings is 1. The topological polar surface area (TPSA) is 38.7 Å². The Morgan fingerprint density at radius 2 is 1.96 bits per heavy atom. The SMILES string of the molecule is CN=C(c1sc(SCCOC)c(C(=O)CC(C)C)c1C)C(C)C. The lowest BCUT2D eigenvalue weighted by Crippen LogP contribution is -2.10. The van der Waals surface area contributed by atoms with E-state index in [1.807, 2.05) is 7.05 Å². The minimum Gasteiger partial charge on any atom is -0.384 e. The smallest absolute Gasteiger partial charge is 0.165 e. The van der Waals surface area contributed by atoms with Crippen molar-refractivity contribution in [2.75, 3.05) is 26.5 Å². The largest absolute Gasteiger partial charge is 0.384 e. The molecule has 23 heavy (non-hydrogen) atoms. The second kappa shape index (κ2) is 9.60. The molecule has 0 unspecified atom stereocenters. The highest BCUT2D eigenvalue weighted by atomic mass is 32.2. The van der Waals surface area contributed by atoms with Crippen LogP contribution in [0.3, 0.4) is 0 Å². The van der Waals surface area contributed by atoms with E-state index in [9.17, 15) is 4.79 Å². The third-order valence-electron chi connectivity index (χ3n) is 3.53. The van der Waals surface area contributed by atoms with Crippen LogP contribution in [0.1, 0.15) is 54.9 Å². The summed E-state index contributed by atoms with van der Waals surface area (Å²) in [6, 6.07) is 0. The second-order valence-electron chi connectivity index (χ2n) is 6.34. The molecule has 0 aliphatic carbocycles. The first kappa shape index (κ1) is 20.4. The molecule has 0 aliphatic rings. The van der Waals surface area contributed by atoms with Crippen LogP contribution in [0, 0.1) is 18.8 Å². The van der Waals surface area contributed by atoms with E-state index in [1.165, 1.54) is 0 Å². The molecule has 0 spiro atoms. The molecule has 1 aromatic rings. The number of hydrogen-bond donors (Lipinski definition) is 0. The van der Waals surface area contributed by atoms with E-state index in [0.717, 1.165) is 31.7 Å². The number of carbonyl (C=O) groups is 1. The maximum Gasteiger partial charge on any atom is 0.165 e. The predicted octanol–water partition coefficient (Wildman–Crippen LogP) is 5.10. The first-order valence-corrected chi connectivity index (χ1v) is 9.88. The molecule has 1 heterocycles. The van der Waals surface area contributed by atoms with Gasteiger partial charge in [0.1, 0.15) is 0 Å². The van der Waals surface area contributed by atoms with Crippen LogP contribution in [-0.2, 0) is 4.74 Å². The molecule has 0 aromatic carbocycles. The third kappa shape index (κ3) is 5.44. The molecular formula is C18H29NO2S2. The van der Waals surface area contributed by atoms with Crippen LogP contribution >= 0.6 is 23.1 Å². The Balaban J connectivity index is 3.28. The fraction of sp³-hybridized carbons (Fsp3) is 0.667. The van der Waals surface area contributed by atoms with Gasteiger partial charge in [-0.1, -0.05) is 27.7 Å². The van der Waals surface area contributed by atoms with Gasteiger partial charge < -0.3 is 4.74 Å². The monoisotopic (exact) mass is 355 g/mol. The van der Waals surface area contributed by atoms with Crippen LogP contribution in [0.5, 0.6) is 0 Å². The molecule has 0 amide bonds. The molecule has 0 fully saturated rings. The number of rotatable bonds is 9. The quantitative estimate of drug-likeness (QED) is 0.268. The highest BCUT2D eigenvalue weighted by Crippen LogP contribution is 2.38. The molecule has 0 radical (unpaired) electrons. The molecule has 3 nitrogen and oxygen atoms in total. The van der Waals surface area contributed by atoms with Gasteiger partial charge in [-0.25, -0.2) is 0 Å². The number of thioether (sulfide) groups is 1. The van der Waals surface area contributed by atoms with Gasteiger partial charge in [0, 0.05) is 31.9 Å². The number of ether oxygens (including phenoxy) is 1. The highest BCUT2D eigenvalue weighted by molar-refractivity contribution is 8.01. The predicted molar refractivity (Wildman–Crippen MR) is 103 cm³/mol. The molecule has 0 saturated heterocycles. The van der Waals surface area contributed by atoms with Crippen LogP contribution in [0.4, 0.5) is 0 Å². The van der Waals surface area contributed by atoms with Crippen molar-refractivity contribution < 1.29 is 9.53 Å². The van der Waals surface area contributed by atoms with Crippen molar-refractivity contribution in [1.29, 1.82) is 0 Å². The summed E-state index contributed by atoms with van der Waals surface area (Å²) in [5.74, 6) is 1.82. The first-order chi connectivity index (χ1) is 10.8. The van der Waals surface area contributed by atoms with Crippen molar-refractivity contribution in [2.45, 2.75) is 45.2 Å². The van der Waals surface area contributed by atoms with Crippen molar-refractivity contribution in [3.8, 4) is 0 Å². The molecule has 130 valence electrons. The van der Waals surface area contributed by atoms with E-state index in [1.54, 1.807) is 30.2 Å². The summed E-state index contributed by atoms with van der Waals surface area (Å²) < 4.78 is 6.26. The summed E-state index contributed by atoms with van der Waals surface area (Å²) in [4.78, 5) is 18.4. The number of methoxy groups -OCH3 is 1. The number of carbonyl (C=O) groups excluding carboxylic acids is 1. The van der Waals surface area contributed by atoms with Gasteiger partial charge in [-0.15, -0.1) is 23.1 Å². The van der Waals surface area contributed by atoms with Gasteiger partial charge in [0.2, 0.25) is 0 Å². The van der Waals surface area contributed by atoms with Crippen molar-refractivity contribution in [1.82, 2.24) is 0 Å². The molecular weight excluding hydrogens is 326 g/mol. The van der Waals surface area contributed by atoms with Gasteiger partial charge in [-0.3, -0.25) is 9.79 Å². The minimum atomic E-state index is 0.249. The van der Waals surface area contributed by atoms with E-state index in [2.05, 4.69) is 39.6 Å². The number of nitrogens with zero attached hydrogens (tertiary/aromatic N) is 1. The second-order valence-corrected chi connectivity index (χ2v) is 8.73. The third-order valence-corrected chi connectivity index (χ3v) is 6.08. The maximum absolute atomic E-state index is 12.7. The Morgan fingerprint density at radius 1 is 1.30 bits per heavy atom. The molecule has 0 aliphatic heterocycles. The lowest BCUT2D eigenvalue weighted by molar-refractivity contribution is 0.0965. The van der Waals surface area contributed by atoms with E-state index in [0.29, 0.717) is 24.9 Å². The normalized spacial score (nSPS) is 12.5. The standard InChI is InChI=1S/C18H29NO2S2/c1-11(2)10-14(20)15-13(5)17(16(19-6)12(3)4)23-18(15)22-9-8-21-7/h11-12H,8-10H2,1-7H3. The molecule has 0 saturated carbocycles.